The smallest absolute Gasteiger partial charge is 0.416 e. The molecule has 0 radical (unpaired) electrons. The molecule has 3 rings (SSSR count). The fraction of sp³-hybridized carbons (Fsp3) is 0.120. The maximum Gasteiger partial charge on any atom is 0.416 e. The van der Waals surface area contributed by atoms with E-state index in [1.54, 1.807) is 6.07 Å². The van der Waals surface area contributed by atoms with Crippen molar-refractivity contribution in [1.82, 2.24) is 5.43 Å². The normalized spacial score (nSPS) is 11.1. The molecule has 0 heterocycles. The number of hydrazone groups is 1. The Morgan fingerprint density at radius 2 is 1.69 bits per heavy atom. The number of carbonyl (C=O) groups excluding carboxylic acids is 3. The van der Waals surface area contributed by atoms with E-state index in [-0.39, 0.29) is 22.9 Å². The maximum absolute atomic E-state index is 12.9. The number of amides is 3. The predicted octanol–water partition coefficient (Wildman–Crippen LogP) is 4.56. The lowest BCUT2D eigenvalue weighted by Crippen LogP contribution is -2.32. The molecule has 0 spiro atoms. The topological polar surface area (TPSA) is 118 Å². The number of nitrogens with one attached hydrogen (secondary N) is 3. The summed E-state index contributed by atoms with van der Waals surface area (Å²) >= 11 is 1.91. The fourth-order valence-electron chi connectivity index (χ4n) is 3.00. The Balaban J connectivity index is 1.58. The molecule has 39 heavy (non-hydrogen) atoms. The lowest BCUT2D eigenvalue weighted by Gasteiger charge is -2.14. The van der Waals surface area contributed by atoms with E-state index in [0.717, 1.165) is 24.3 Å². The third-order valence-corrected chi connectivity index (χ3v) is 5.56. The minimum absolute atomic E-state index is 0.0416. The summed E-state index contributed by atoms with van der Waals surface area (Å²) in [7, 11) is 1.35. The van der Waals surface area contributed by atoms with Gasteiger partial charge in [0.15, 0.2) is 18.1 Å². The van der Waals surface area contributed by atoms with Gasteiger partial charge in [-0.05, 0) is 82.8 Å². The molecule has 3 amide bonds. The summed E-state index contributed by atoms with van der Waals surface area (Å²) in [4.78, 5) is 36.1. The van der Waals surface area contributed by atoms with Crippen molar-refractivity contribution in [3.8, 4) is 11.5 Å². The number of hydrogen-bond donors (Lipinski definition) is 3. The first kappa shape index (κ1) is 29.3. The highest BCUT2D eigenvalue weighted by Gasteiger charge is 2.30. The lowest BCUT2D eigenvalue weighted by molar-refractivity contribution is -0.137. The average molecular weight is 658 g/mol. The molecule has 204 valence electrons. The third-order valence-electron chi connectivity index (χ3n) is 4.76. The highest BCUT2D eigenvalue weighted by Crippen LogP contribution is 2.34. The fourth-order valence-corrected chi connectivity index (χ4v) is 3.78. The van der Waals surface area contributed by atoms with Crippen molar-refractivity contribution in [3.63, 3.8) is 0 Å². The number of rotatable bonds is 8. The molecule has 0 fully saturated rings. The van der Waals surface area contributed by atoms with Crippen LogP contribution in [0.1, 0.15) is 11.1 Å². The van der Waals surface area contributed by atoms with Crippen molar-refractivity contribution in [1.29, 1.82) is 0 Å². The Morgan fingerprint density at radius 3 is 2.36 bits per heavy atom. The van der Waals surface area contributed by atoms with Crippen LogP contribution < -0.4 is 25.5 Å². The number of hydrogen-bond acceptors (Lipinski definition) is 6. The number of halogens is 5. The van der Waals surface area contributed by atoms with Crippen LogP contribution in [0.2, 0.25) is 0 Å². The van der Waals surface area contributed by atoms with Crippen LogP contribution in [0, 0.1) is 9.39 Å². The monoisotopic (exact) mass is 658 g/mol. The Kier molecular flexibility index (Phi) is 9.81. The summed E-state index contributed by atoms with van der Waals surface area (Å²) in [5, 5.41) is 8.35. The van der Waals surface area contributed by atoms with E-state index in [0.29, 0.717) is 9.13 Å². The molecule has 0 aromatic heterocycles. The zero-order valence-corrected chi connectivity index (χ0v) is 22.1. The van der Waals surface area contributed by atoms with E-state index in [9.17, 15) is 31.9 Å². The molecule has 3 aromatic carbocycles. The first-order valence-electron chi connectivity index (χ1n) is 10.8. The van der Waals surface area contributed by atoms with Gasteiger partial charge in [0.1, 0.15) is 5.82 Å². The summed E-state index contributed by atoms with van der Waals surface area (Å²) in [5.74, 6) is -2.88. The number of methoxy groups -OCH3 is 1. The first-order valence-corrected chi connectivity index (χ1v) is 11.9. The Bertz CT molecular complexity index is 1400. The summed E-state index contributed by atoms with van der Waals surface area (Å²) in [5.41, 5.74) is 1.77. The second-order valence-corrected chi connectivity index (χ2v) is 8.77. The van der Waals surface area contributed by atoms with Gasteiger partial charge in [-0.3, -0.25) is 14.4 Å². The number of carbonyl (C=O) groups is 3. The van der Waals surface area contributed by atoms with E-state index in [2.05, 4.69) is 21.2 Å². The van der Waals surface area contributed by atoms with Gasteiger partial charge in [-0.2, -0.15) is 18.3 Å². The van der Waals surface area contributed by atoms with Gasteiger partial charge in [0.25, 0.3) is 5.91 Å². The Hall–Kier alpha value is -4.21. The Morgan fingerprint density at radius 1 is 0.974 bits per heavy atom. The number of alkyl halides is 3. The summed E-state index contributed by atoms with van der Waals surface area (Å²) in [6.07, 6.45) is -3.32. The molecule has 0 aliphatic rings. The van der Waals surface area contributed by atoms with Crippen molar-refractivity contribution in [3.05, 3.63) is 81.2 Å². The molecule has 0 unspecified atom stereocenters. The average Bonchev–Trinajstić information content (AvgIpc) is 2.88. The number of ether oxygens (including phenoxy) is 2. The van der Waals surface area contributed by atoms with Crippen LogP contribution in [-0.4, -0.2) is 37.7 Å². The number of benzene rings is 3. The van der Waals surface area contributed by atoms with Crippen molar-refractivity contribution in [2.45, 2.75) is 6.18 Å². The molecule has 0 atom stereocenters. The summed E-state index contributed by atoms with van der Waals surface area (Å²) in [6.45, 7) is -0.519. The zero-order valence-electron chi connectivity index (χ0n) is 19.9. The standard InChI is InChI=1S/C25H19F4IN4O5/c1-38-20-10-14(12-31-34-24(37)23(36)33-17-7-5-16(26)6-8-17)9-19(30)22(20)39-13-21(35)32-18-4-2-3-15(11-18)25(27,28)29/h2-12H,13H2,1H3,(H,32,35)(H,33,36)(H,34,37)/b31-12-. The third kappa shape index (κ3) is 8.66. The summed E-state index contributed by atoms with van der Waals surface area (Å²) in [6, 6.07) is 12.1. The molecule has 0 aliphatic carbocycles. The highest BCUT2D eigenvalue weighted by atomic mass is 127. The zero-order chi connectivity index (χ0) is 28.6. The predicted molar refractivity (Wildman–Crippen MR) is 142 cm³/mol. The van der Waals surface area contributed by atoms with Gasteiger partial charge in [-0.25, -0.2) is 9.82 Å². The van der Waals surface area contributed by atoms with Crippen LogP contribution in [0.4, 0.5) is 28.9 Å². The van der Waals surface area contributed by atoms with Crippen LogP contribution in [0.15, 0.2) is 65.8 Å². The van der Waals surface area contributed by atoms with Crippen LogP contribution >= 0.6 is 22.6 Å². The SMILES string of the molecule is COc1cc(/C=N\NC(=O)C(=O)Nc2ccc(F)cc2)cc(I)c1OCC(=O)Nc1cccc(C(F)(F)F)c1. The maximum atomic E-state index is 12.9. The second kappa shape index (κ2) is 13.0. The molecule has 0 saturated carbocycles. The van der Waals surface area contributed by atoms with Crippen LogP contribution in [0.25, 0.3) is 0 Å². The van der Waals surface area contributed by atoms with Gasteiger partial charge < -0.3 is 20.1 Å². The summed E-state index contributed by atoms with van der Waals surface area (Å²) < 4.78 is 62.8. The molecular weight excluding hydrogens is 639 g/mol. The van der Waals surface area contributed by atoms with Gasteiger partial charge in [0, 0.05) is 11.4 Å². The molecule has 3 N–H and O–H groups in total. The molecule has 0 bridgehead atoms. The first-order chi connectivity index (χ1) is 18.5. The lowest BCUT2D eigenvalue weighted by atomic mass is 10.2. The van der Waals surface area contributed by atoms with Gasteiger partial charge in [-0.1, -0.05) is 6.07 Å². The van der Waals surface area contributed by atoms with Gasteiger partial charge in [0.05, 0.1) is 22.5 Å². The number of anilines is 2. The van der Waals surface area contributed by atoms with E-state index in [1.165, 1.54) is 43.7 Å². The van der Waals surface area contributed by atoms with Gasteiger partial charge in [0.2, 0.25) is 0 Å². The molecule has 0 aliphatic heterocycles. The second-order valence-electron chi connectivity index (χ2n) is 7.61. The van der Waals surface area contributed by atoms with Gasteiger partial charge in [-0.15, -0.1) is 0 Å². The van der Waals surface area contributed by atoms with E-state index in [1.807, 2.05) is 22.6 Å². The van der Waals surface area contributed by atoms with Crippen molar-refractivity contribution >= 4 is 57.9 Å². The molecule has 9 nitrogen and oxygen atoms in total. The van der Waals surface area contributed by atoms with Crippen molar-refractivity contribution in [2.75, 3.05) is 24.4 Å². The van der Waals surface area contributed by atoms with Crippen LogP contribution in [0.5, 0.6) is 11.5 Å². The number of nitrogens with zero attached hydrogens (tertiary/aromatic N) is 1. The van der Waals surface area contributed by atoms with Gasteiger partial charge >= 0.3 is 18.0 Å². The highest BCUT2D eigenvalue weighted by molar-refractivity contribution is 14.1. The largest absolute Gasteiger partial charge is 0.493 e. The van der Waals surface area contributed by atoms with E-state index < -0.39 is 41.9 Å². The van der Waals surface area contributed by atoms with Crippen molar-refractivity contribution < 1.29 is 41.4 Å². The quantitative estimate of drug-likeness (QED) is 0.108. The minimum Gasteiger partial charge on any atom is -0.493 e. The van der Waals surface area contributed by atoms with Crippen LogP contribution in [-0.2, 0) is 20.6 Å². The Labute approximate surface area is 232 Å². The van der Waals surface area contributed by atoms with Crippen LogP contribution in [0.3, 0.4) is 0 Å². The molecule has 0 saturated heterocycles. The van der Waals surface area contributed by atoms with Crippen molar-refractivity contribution in [2.24, 2.45) is 5.10 Å². The molecule has 14 heteroatoms. The molecule has 3 aromatic rings. The van der Waals surface area contributed by atoms with E-state index in [4.69, 9.17) is 9.47 Å². The molecular formula is C25H19F4IN4O5. The minimum atomic E-state index is -4.55. The van der Waals surface area contributed by atoms with E-state index >= 15 is 0 Å².